The lowest BCUT2D eigenvalue weighted by molar-refractivity contribution is -0.138. The van der Waals surface area contributed by atoms with Crippen molar-refractivity contribution in [3.8, 4) is 0 Å². The molecular formula is C14H17N5O3. The van der Waals surface area contributed by atoms with Gasteiger partial charge in [0.25, 0.3) is 5.91 Å². The summed E-state index contributed by atoms with van der Waals surface area (Å²) in [7, 11) is 1.51. The Bertz CT molecular complexity index is 598. The van der Waals surface area contributed by atoms with Crippen LogP contribution in [-0.4, -0.2) is 81.7 Å². The summed E-state index contributed by atoms with van der Waals surface area (Å²) < 4.78 is 0. The van der Waals surface area contributed by atoms with Crippen LogP contribution in [0.4, 0.5) is 0 Å². The van der Waals surface area contributed by atoms with Gasteiger partial charge in [-0.05, 0) is 0 Å². The summed E-state index contributed by atoms with van der Waals surface area (Å²) in [6, 6.07) is -0.383. The molecule has 0 aromatic carbocycles. The molecule has 8 heteroatoms. The molecule has 0 bridgehead atoms. The number of imide groups is 1. The maximum atomic E-state index is 12.3. The molecule has 1 aromatic rings. The molecule has 0 radical (unpaired) electrons. The lowest BCUT2D eigenvalue weighted by Crippen LogP contribution is -2.53. The van der Waals surface area contributed by atoms with Gasteiger partial charge < -0.3 is 4.90 Å². The smallest absolute Gasteiger partial charge is 0.274 e. The molecule has 1 atom stereocenters. The first-order chi connectivity index (χ1) is 10.6. The number of piperazine rings is 1. The van der Waals surface area contributed by atoms with Gasteiger partial charge in [0.15, 0.2) is 0 Å². The fraction of sp³-hybridized carbons (Fsp3) is 0.500. The van der Waals surface area contributed by atoms with Crippen LogP contribution in [0.3, 0.4) is 0 Å². The van der Waals surface area contributed by atoms with Gasteiger partial charge in [-0.2, -0.15) is 0 Å². The van der Waals surface area contributed by atoms with Crippen LogP contribution in [0, 0.1) is 0 Å². The summed E-state index contributed by atoms with van der Waals surface area (Å²) in [5, 5.41) is 0. The van der Waals surface area contributed by atoms with Crippen molar-refractivity contribution in [1.82, 2.24) is 24.7 Å². The van der Waals surface area contributed by atoms with Crippen molar-refractivity contribution >= 4 is 17.7 Å². The first kappa shape index (κ1) is 14.6. The Hall–Kier alpha value is -2.35. The Morgan fingerprint density at radius 1 is 1.18 bits per heavy atom. The van der Waals surface area contributed by atoms with E-state index in [9.17, 15) is 14.4 Å². The van der Waals surface area contributed by atoms with Gasteiger partial charge in [0.1, 0.15) is 5.69 Å². The van der Waals surface area contributed by atoms with Gasteiger partial charge in [0, 0.05) is 45.6 Å². The van der Waals surface area contributed by atoms with Gasteiger partial charge in [-0.15, -0.1) is 0 Å². The molecule has 1 aromatic heterocycles. The second-order valence-corrected chi connectivity index (χ2v) is 5.43. The number of rotatable bonds is 2. The van der Waals surface area contributed by atoms with Crippen LogP contribution in [0.2, 0.25) is 0 Å². The van der Waals surface area contributed by atoms with Crippen molar-refractivity contribution in [2.75, 3.05) is 33.2 Å². The molecular weight excluding hydrogens is 286 g/mol. The van der Waals surface area contributed by atoms with Gasteiger partial charge in [0.05, 0.1) is 18.7 Å². The quantitative estimate of drug-likeness (QED) is 0.651. The monoisotopic (exact) mass is 303 g/mol. The molecule has 0 N–H and O–H groups in total. The largest absolute Gasteiger partial charge is 0.335 e. The van der Waals surface area contributed by atoms with Crippen molar-refractivity contribution in [2.24, 2.45) is 0 Å². The molecule has 2 fully saturated rings. The summed E-state index contributed by atoms with van der Waals surface area (Å²) in [4.78, 5) is 48.6. The second-order valence-electron chi connectivity index (χ2n) is 5.43. The van der Waals surface area contributed by atoms with E-state index in [0.717, 1.165) is 0 Å². The Balaban J connectivity index is 1.60. The lowest BCUT2D eigenvalue weighted by Gasteiger charge is -2.36. The summed E-state index contributed by atoms with van der Waals surface area (Å²) in [6.07, 6.45) is 4.69. The number of aromatic nitrogens is 2. The number of nitrogens with zero attached hydrogens (tertiary/aromatic N) is 5. The minimum Gasteiger partial charge on any atom is -0.335 e. The number of carbonyl (C=O) groups excluding carboxylic acids is 3. The standard InChI is InChI=1S/C14H17N5O3/c1-17-12(20)8-11(14(17)22)18-4-6-19(7-5-18)13(21)10-9-15-2-3-16-10/h2-3,9,11H,4-8H2,1H3. The summed E-state index contributed by atoms with van der Waals surface area (Å²) in [6.45, 7) is 2.17. The zero-order chi connectivity index (χ0) is 15.7. The van der Waals surface area contributed by atoms with E-state index in [2.05, 4.69) is 9.97 Å². The highest BCUT2D eigenvalue weighted by Crippen LogP contribution is 2.19. The van der Waals surface area contributed by atoms with Crippen LogP contribution in [0.5, 0.6) is 0 Å². The minimum atomic E-state index is -0.383. The van der Waals surface area contributed by atoms with Crippen LogP contribution in [0.1, 0.15) is 16.9 Å². The van der Waals surface area contributed by atoms with Crippen molar-refractivity contribution in [3.05, 3.63) is 24.3 Å². The number of carbonyl (C=O) groups is 3. The van der Waals surface area contributed by atoms with Crippen LogP contribution in [0.15, 0.2) is 18.6 Å². The topological polar surface area (TPSA) is 86.7 Å². The van der Waals surface area contributed by atoms with Crippen LogP contribution >= 0.6 is 0 Å². The third-order valence-electron chi connectivity index (χ3n) is 4.18. The maximum absolute atomic E-state index is 12.3. The molecule has 1 unspecified atom stereocenters. The average Bonchev–Trinajstić information content (AvgIpc) is 2.83. The predicted octanol–water partition coefficient (Wildman–Crippen LogP) is -1.01. The molecule has 3 rings (SSSR count). The molecule has 3 amide bonds. The van der Waals surface area contributed by atoms with E-state index < -0.39 is 0 Å². The second kappa shape index (κ2) is 5.80. The minimum absolute atomic E-state index is 0.145. The Morgan fingerprint density at radius 3 is 2.45 bits per heavy atom. The normalized spacial score (nSPS) is 23.2. The zero-order valence-corrected chi connectivity index (χ0v) is 12.3. The maximum Gasteiger partial charge on any atom is 0.274 e. The molecule has 0 saturated carbocycles. The summed E-state index contributed by atoms with van der Waals surface area (Å²) in [5.74, 6) is -0.453. The van der Waals surface area contributed by atoms with Crippen molar-refractivity contribution in [1.29, 1.82) is 0 Å². The van der Waals surface area contributed by atoms with Crippen LogP contribution in [-0.2, 0) is 9.59 Å². The molecule has 22 heavy (non-hydrogen) atoms. The molecule has 0 aliphatic carbocycles. The highest BCUT2D eigenvalue weighted by molar-refractivity contribution is 6.05. The van der Waals surface area contributed by atoms with E-state index in [-0.39, 0.29) is 30.2 Å². The molecule has 3 heterocycles. The highest BCUT2D eigenvalue weighted by atomic mass is 16.2. The predicted molar refractivity (Wildman–Crippen MR) is 75.7 cm³/mol. The molecule has 0 spiro atoms. The number of hydrogen-bond donors (Lipinski definition) is 0. The number of likely N-dealkylation sites (tertiary alicyclic amines) is 1. The van der Waals surface area contributed by atoms with E-state index in [0.29, 0.717) is 31.9 Å². The van der Waals surface area contributed by atoms with E-state index in [1.165, 1.54) is 30.5 Å². The van der Waals surface area contributed by atoms with Gasteiger partial charge in [-0.1, -0.05) is 0 Å². The fourth-order valence-electron chi connectivity index (χ4n) is 2.83. The average molecular weight is 303 g/mol. The number of likely N-dealkylation sites (N-methyl/N-ethyl adjacent to an activating group) is 1. The first-order valence-corrected chi connectivity index (χ1v) is 7.17. The van der Waals surface area contributed by atoms with Crippen molar-refractivity contribution < 1.29 is 14.4 Å². The summed E-state index contributed by atoms with van der Waals surface area (Å²) in [5.41, 5.74) is 0.322. The Labute approximate surface area is 127 Å². The molecule has 2 aliphatic heterocycles. The molecule has 2 saturated heterocycles. The van der Waals surface area contributed by atoms with Gasteiger partial charge in [-0.25, -0.2) is 4.98 Å². The van der Waals surface area contributed by atoms with Crippen LogP contribution < -0.4 is 0 Å². The van der Waals surface area contributed by atoms with Gasteiger partial charge >= 0.3 is 0 Å². The van der Waals surface area contributed by atoms with Gasteiger partial charge in [0.2, 0.25) is 11.8 Å². The Kier molecular flexibility index (Phi) is 3.84. The Morgan fingerprint density at radius 2 is 1.91 bits per heavy atom. The van der Waals surface area contributed by atoms with Crippen LogP contribution in [0.25, 0.3) is 0 Å². The van der Waals surface area contributed by atoms with Gasteiger partial charge in [-0.3, -0.25) is 29.2 Å². The van der Waals surface area contributed by atoms with E-state index in [1.54, 1.807) is 4.90 Å². The third kappa shape index (κ3) is 2.57. The van der Waals surface area contributed by atoms with E-state index in [1.807, 2.05) is 4.90 Å². The fourth-order valence-corrected chi connectivity index (χ4v) is 2.83. The summed E-state index contributed by atoms with van der Waals surface area (Å²) >= 11 is 0. The van der Waals surface area contributed by atoms with Crippen molar-refractivity contribution in [2.45, 2.75) is 12.5 Å². The van der Waals surface area contributed by atoms with E-state index >= 15 is 0 Å². The van der Waals surface area contributed by atoms with Crippen molar-refractivity contribution in [3.63, 3.8) is 0 Å². The highest BCUT2D eigenvalue weighted by Gasteiger charge is 2.41. The number of amides is 3. The molecule has 8 nitrogen and oxygen atoms in total. The van der Waals surface area contributed by atoms with E-state index in [4.69, 9.17) is 0 Å². The lowest BCUT2D eigenvalue weighted by atomic mass is 10.1. The SMILES string of the molecule is CN1C(=O)CC(N2CCN(C(=O)c3cnccn3)CC2)C1=O. The molecule has 116 valence electrons. The molecule has 2 aliphatic rings. The number of hydrogen-bond acceptors (Lipinski definition) is 6. The first-order valence-electron chi connectivity index (χ1n) is 7.17. The third-order valence-corrected chi connectivity index (χ3v) is 4.18. The zero-order valence-electron chi connectivity index (χ0n) is 12.3.